The van der Waals surface area contributed by atoms with Crippen LogP contribution in [0.25, 0.3) is 0 Å². The highest BCUT2D eigenvalue weighted by atomic mass is 32.2. The van der Waals surface area contributed by atoms with Crippen LogP contribution in [0.5, 0.6) is 11.5 Å². The van der Waals surface area contributed by atoms with Crippen LogP contribution in [0.15, 0.2) is 53.4 Å². The van der Waals surface area contributed by atoms with Crippen molar-refractivity contribution in [2.24, 2.45) is 5.92 Å². The maximum atomic E-state index is 14.2. The molecule has 242 valence electrons. The number of ether oxygens (including phenoxy) is 5. The summed E-state index contributed by atoms with van der Waals surface area (Å²) in [6.45, 7) is 1.18. The van der Waals surface area contributed by atoms with Crippen LogP contribution in [0, 0.1) is 5.92 Å². The second-order valence-corrected chi connectivity index (χ2v) is 13.5. The van der Waals surface area contributed by atoms with Gasteiger partial charge in [0.15, 0.2) is 6.29 Å². The van der Waals surface area contributed by atoms with E-state index in [1.165, 1.54) is 17.5 Å². The second-order valence-electron chi connectivity index (χ2n) is 11.6. The SMILES string of the molecule is COc1ccc2c(c1)OCCCCCCCCN(C[C@@H](O)[C@H](Cc1ccccc1)NC(=O)O[C@H]1CO[C@H]3OCC[C@H]31)S2(=O)=O. The Morgan fingerprint density at radius 3 is 2.61 bits per heavy atom. The van der Waals surface area contributed by atoms with Gasteiger partial charge in [-0.2, -0.15) is 4.31 Å². The Morgan fingerprint density at radius 1 is 1.05 bits per heavy atom. The van der Waals surface area contributed by atoms with Crippen LogP contribution >= 0.6 is 0 Å². The van der Waals surface area contributed by atoms with Crippen LogP contribution in [0.4, 0.5) is 4.79 Å². The molecule has 11 nitrogen and oxygen atoms in total. The zero-order chi connectivity index (χ0) is 30.9. The third-order valence-corrected chi connectivity index (χ3v) is 10.4. The van der Waals surface area contributed by atoms with E-state index in [4.69, 9.17) is 23.7 Å². The largest absolute Gasteiger partial charge is 0.497 e. The molecule has 5 rings (SSSR count). The molecular formula is C32H44N2O9S. The number of carbonyl (C=O) groups excluding carboxylic acids is 1. The third-order valence-electron chi connectivity index (χ3n) is 8.53. The Balaban J connectivity index is 1.37. The summed E-state index contributed by atoms with van der Waals surface area (Å²) < 4.78 is 57.8. The summed E-state index contributed by atoms with van der Waals surface area (Å²) in [6, 6.07) is 13.3. The third kappa shape index (κ3) is 8.22. The quantitative estimate of drug-likeness (QED) is 0.445. The number of benzene rings is 2. The molecule has 2 aromatic carbocycles. The fourth-order valence-corrected chi connectivity index (χ4v) is 7.64. The summed E-state index contributed by atoms with van der Waals surface area (Å²) in [5.41, 5.74) is 0.879. The summed E-state index contributed by atoms with van der Waals surface area (Å²) in [6.07, 6.45) is 3.62. The van der Waals surface area contributed by atoms with Crippen molar-refractivity contribution >= 4 is 16.1 Å². The van der Waals surface area contributed by atoms with Gasteiger partial charge in [0, 0.05) is 19.2 Å². The Morgan fingerprint density at radius 2 is 1.82 bits per heavy atom. The van der Waals surface area contributed by atoms with Crippen LogP contribution in [-0.2, 0) is 30.7 Å². The number of nitrogens with one attached hydrogen (secondary N) is 1. The van der Waals surface area contributed by atoms with Crippen molar-refractivity contribution in [3.05, 3.63) is 54.1 Å². The lowest BCUT2D eigenvalue weighted by Gasteiger charge is -2.30. The van der Waals surface area contributed by atoms with Crippen molar-refractivity contribution in [1.82, 2.24) is 9.62 Å². The minimum atomic E-state index is -4.09. The molecule has 0 aromatic heterocycles. The summed E-state index contributed by atoms with van der Waals surface area (Å²) in [7, 11) is -2.57. The van der Waals surface area contributed by atoms with Crippen molar-refractivity contribution in [3.63, 3.8) is 0 Å². The first-order chi connectivity index (χ1) is 21.3. The highest BCUT2D eigenvalue weighted by Crippen LogP contribution is 2.34. The number of hydrogen-bond acceptors (Lipinski definition) is 9. The Hall–Kier alpha value is -2.90. The fraction of sp³-hybridized carbons (Fsp3) is 0.594. The first-order valence-corrected chi connectivity index (χ1v) is 17.0. The zero-order valence-corrected chi connectivity index (χ0v) is 26.1. The van der Waals surface area contributed by atoms with E-state index in [0.29, 0.717) is 25.4 Å². The number of hydrogen-bond donors (Lipinski definition) is 2. The standard InChI is InChI=1S/C32H44N2O9S/c1-39-24-13-14-30-28(20-24)40-17-10-5-3-2-4-9-16-34(44(30,37)38)21-27(35)26(19-23-11-7-6-8-12-23)33-32(36)43-29-22-42-31-25(29)15-18-41-31/h6-8,11-14,20,25-27,29,31,35H,2-5,9-10,15-19,21-22H2,1H3,(H,33,36)/t25-,26-,27+,29-,31+/m0/s1. The van der Waals surface area contributed by atoms with Gasteiger partial charge in [-0.05, 0) is 43.4 Å². The maximum absolute atomic E-state index is 14.2. The number of aliphatic hydroxyl groups is 1. The van der Waals surface area contributed by atoms with E-state index in [1.54, 1.807) is 12.1 Å². The minimum absolute atomic E-state index is 0.0197. The number of amides is 1. The van der Waals surface area contributed by atoms with E-state index in [9.17, 15) is 18.3 Å². The number of methoxy groups -OCH3 is 1. The first-order valence-electron chi connectivity index (χ1n) is 15.6. The summed E-state index contributed by atoms with van der Waals surface area (Å²) >= 11 is 0. The number of sulfonamides is 1. The van der Waals surface area contributed by atoms with Crippen LogP contribution in [0.2, 0.25) is 0 Å². The summed E-state index contributed by atoms with van der Waals surface area (Å²) in [5, 5.41) is 14.4. The molecule has 44 heavy (non-hydrogen) atoms. The number of fused-ring (bicyclic) bond motifs is 2. The maximum Gasteiger partial charge on any atom is 0.407 e. The van der Waals surface area contributed by atoms with E-state index in [-0.39, 0.29) is 49.0 Å². The topological polar surface area (TPSA) is 133 Å². The monoisotopic (exact) mass is 632 g/mol. The van der Waals surface area contributed by atoms with Crippen LogP contribution in [0.1, 0.15) is 50.5 Å². The summed E-state index contributed by atoms with van der Waals surface area (Å²) in [4.78, 5) is 13.1. The van der Waals surface area contributed by atoms with Gasteiger partial charge in [0.2, 0.25) is 10.0 Å². The number of carbonyl (C=O) groups is 1. The number of nitrogens with zero attached hydrogens (tertiary/aromatic N) is 1. The van der Waals surface area contributed by atoms with Gasteiger partial charge < -0.3 is 34.1 Å². The van der Waals surface area contributed by atoms with Crippen LogP contribution in [-0.4, -0.2) is 88.5 Å². The predicted molar refractivity (Wildman–Crippen MR) is 162 cm³/mol. The smallest absolute Gasteiger partial charge is 0.407 e. The van der Waals surface area contributed by atoms with Crippen molar-refractivity contribution in [2.45, 2.75) is 80.8 Å². The average molecular weight is 633 g/mol. The molecule has 2 saturated heterocycles. The number of β-amino-alcohol motifs (C(OH)–C–C–N with tert-alkyl or cyclic N) is 1. The molecule has 0 spiro atoms. The van der Waals surface area contributed by atoms with E-state index in [0.717, 1.165) is 44.1 Å². The number of alkyl carbamates (subject to hydrolysis) is 1. The lowest BCUT2D eigenvalue weighted by Crippen LogP contribution is -2.51. The molecule has 2 fully saturated rings. The normalized spacial score (nSPS) is 25.5. The molecule has 3 aliphatic heterocycles. The highest BCUT2D eigenvalue weighted by molar-refractivity contribution is 7.89. The number of rotatable bonds is 8. The second kappa shape index (κ2) is 15.4. The van der Waals surface area contributed by atoms with Gasteiger partial charge in [0.1, 0.15) is 22.5 Å². The van der Waals surface area contributed by atoms with Crippen LogP contribution < -0.4 is 14.8 Å². The zero-order valence-electron chi connectivity index (χ0n) is 25.3. The molecule has 1 amide bonds. The van der Waals surface area contributed by atoms with Gasteiger partial charge in [0.05, 0.1) is 45.0 Å². The van der Waals surface area contributed by atoms with Gasteiger partial charge in [-0.15, -0.1) is 0 Å². The fourth-order valence-electron chi connectivity index (χ4n) is 6.03. The molecule has 0 radical (unpaired) electrons. The molecule has 5 atom stereocenters. The molecule has 0 saturated carbocycles. The highest BCUT2D eigenvalue weighted by Gasteiger charge is 2.44. The van der Waals surface area contributed by atoms with Crippen molar-refractivity contribution in [2.75, 3.05) is 40.0 Å². The van der Waals surface area contributed by atoms with Crippen molar-refractivity contribution < 1.29 is 42.0 Å². The van der Waals surface area contributed by atoms with Gasteiger partial charge in [-0.1, -0.05) is 56.0 Å². The predicted octanol–water partition coefficient (Wildman–Crippen LogP) is 3.88. The molecule has 12 heteroatoms. The Kier molecular flexibility index (Phi) is 11.4. The molecule has 2 aromatic rings. The van der Waals surface area contributed by atoms with Gasteiger partial charge in [-0.3, -0.25) is 0 Å². The lowest BCUT2D eigenvalue weighted by molar-refractivity contribution is -0.0907. The average Bonchev–Trinajstić information content (AvgIpc) is 3.64. The Bertz CT molecular complexity index is 1330. The molecule has 3 heterocycles. The van der Waals surface area contributed by atoms with Gasteiger partial charge >= 0.3 is 6.09 Å². The molecule has 2 N–H and O–H groups in total. The van der Waals surface area contributed by atoms with E-state index >= 15 is 0 Å². The lowest BCUT2D eigenvalue weighted by atomic mass is 10.0. The molecule has 0 bridgehead atoms. The van der Waals surface area contributed by atoms with Crippen molar-refractivity contribution in [1.29, 1.82) is 0 Å². The molecule has 0 aliphatic carbocycles. The van der Waals surface area contributed by atoms with Crippen molar-refractivity contribution in [3.8, 4) is 11.5 Å². The minimum Gasteiger partial charge on any atom is -0.497 e. The van der Waals surface area contributed by atoms with E-state index in [2.05, 4.69) is 5.32 Å². The van der Waals surface area contributed by atoms with Gasteiger partial charge in [0.25, 0.3) is 0 Å². The molecular weight excluding hydrogens is 588 g/mol. The molecule has 0 unspecified atom stereocenters. The van der Waals surface area contributed by atoms with E-state index in [1.807, 2.05) is 30.3 Å². The number of aliphatic hydroxyl groups excluding tert-OH is 1. The Labute approximate surface area is 259 Å². The van der Waals surface area contributed by atoms with Gasteiger partial charge in [-0.25, -0.2) is 13.2 Å². The summed E-state index contributed by atoms with van der Waals surface area (Å²) in [5.74, 6) is 0.679. The van der Waals surface area contributed by atoms with E-state index < -0.39 is 34.4 Å². The van der Waals surface area contributed by atoms with Crippen LogP contribution in [0.3, 0.4) is 0 Å². The first kappa shape index (κ1) is 32.5. The molecule has 3 aliphatic rings.